The lowest BCUT2D eigenvalue weighted by Crippen LogP contribution is -2.50. The molecule has 0 N–H and O–H groups in total. The van der Waals surface area contributed by atoms with Crippen molar-refractivity contribution in [3.05, 3.63) is 91.1 Å². The first kappa shape index (κ1) is 39.7. The highest BCUT2D eigenvalue weighted by Gasteiger charge is 2.73. The molecule has 22 heteroatoms. The average molecular weight is 846 g/mol. The molecule has 1 aromatic heterocycles. The van der Waals surface area contributed by atoms with E-state index < -0.39 is 115 Å². The molecule has 0 saturated heterocycles. The summed E-state index contributed by atoms with van der Waals surface area (Å²) >= 11 is 0.790. The quantitative estimate of drug-likeness (QED) is 0.141. The largest absolute Gasteiger partial charge is 0.435 e. The van der Waals surface area contributed by atoms with E-state index in [-0.39, 0.29) is 23.1 Å². The number of benzene rings is 2. The van der Waals surface area contributed by atoms with E-state index in [0.717, 1.165) is 28.7 Å². The minimum absolute atomic E-state index is 0.00806. The number of hydrogen-bond donors (Lipinski definition) is 0. The van der Waals surface area contributed by atoms with Crippen molar-refractivity contribution in [2.75, 3.05) is 11.9 Å². The summed E-state index contributed by atoms with van der Waals surface area (Å²) in [5.74, 6) is -5.29. The molecule has 0 aliphatic rings. The zero-order valence-corrected chi connectivity index (χ0v) is 25.4. The van der Waals surface area contributed by atoms with Crippen molar-refractivity contribution < 1.29 is 84.2 Å². The highest BCUT2D eigenvalue weighted by atomic mass is 127. The number of amides is 1. The number of nitrogens with zero attached hydrogens (tertiary/aromatic N) is 2. The van der Waals surface area contributed by atoms with Crippen molar-refractivity contribution in [1.29, 1.82) is 0 Å². The van der Waals surface area contributed by atoms with Crippen molar-refractivity contribution in [1.82, 2.24) is 4.98 Å². The maximum Gasteiger partial charge on any atom is 0.435 e. The topological polar surface area (TPSA) is 50.3 Å². The van der Waals surface area contributed by atoms with Crippen LogP contribution in [0.2, 0.25) is 0 Å². The molecule has 49 heavy (non-hydrogen) atoms. The Kier molecular flexibility index (Phi) is 10.4. The molecule has 1 amide bonds. The van der Waals surface area contributed by atoms with Gasteiger partial charge in [-0.2, -0.15) is 65.9 Å². The number of anilines is 1. The van der Waals surface area contributed by atoms with Crippen LogP contribution in [0.5, 0.6) is 0 Å². The second-order valence-electron chi connectivity index (χ2n) is 9.83. The van der Waals surface area contributed by atoms with Crippen LogP contribution in [0, 0.1) is 9.39 Å². The van der Waals surface area contributed by atoms with E-state index in [1.807, 2.05) is 0 Å². The summed E-state index contributed by atoms with van der Waals surface area (Å²) in [6, 6.07) is 1.01. The first-order valence-corrected chi connectivity index (χ1v) is 13.5. The SMILES string of the molecule is CN(C(=O)c1ccc(C(F)(F)F)nc1C(F)(F)F)c1cccc(C(=O)Cc2c(I)cc(C(F)(C(F)(F)F)C(F)(F)F)cc2C(F)(F)F)c1F. The lowest BCUT2D eigenvalue weighted by molar-refractivity contribution is -0.348. The molecule has 0 bridgehead atoms. The zero-order valence-electron chi connectivity index (χ0n) is 23.3. The number of hydrogen-bond acceptors (Lipinski definition) is 3. The second-order valence-corrected chi connectivity index (χ2v) is 11.0. The van der Waals surface area contributed by atoms with Crippen molar-refractivity contribution in [2.24, 2.45) is 0 Å². The highest BCUT2D eigenvalue weighted by molar-refractivity contribution is 14.1. The monoisotopic (exact) mass is 846 g/mol. The van der Waals surface area contributed by atoms with Gasteiger partial charge in [-0.3, -0.25) is 9.59 Å². The molecule has 3 rings (SSSR count). The predicted molar refractivity (Wildman–Crippen MR) is 140 cm³/mol. The summed E-state index contributed by atoms with van der Waals surface area (Å²) in [5, 5.41) is 0. The third-order valence-corrected chi connectivity index (χ3v) is 7.61. The maximum absolute atomic E-state index is 15.5. The van der Waals surface area contributed by atoms with Crippen LogP contribution in [0.25, 0.3) is 0 Å². The molecule has 0 aliphatic carbocycles. The van der Waals surface area contributed by atoms with E-state index >= 15 is 4.39 Å². The van der Waals surface area contributed by atoms with Crippen LogP contribution < -0.4 is 4.90 Å². The number of ketones is 1. The maximum atomic E-state index is 15.5. The van der Waals surface area contributed by atoms with Crippen LogP contribution in [0.4, 0.5) is 80.3 Å². The van der Waals surface area contributed by atoms with Crippen molar-refractivity contribution >= 4 is 40.0 Å². The molecule has 4 nitrogen and oxygen atoms in total. The van der Waals surface area contributed by atoms with Gasteiger partial charge in [-0.25, -0.2) is 13.8 Å². The Labute approximate surface area is 275 Å². The molecule has 0 aliphatic heterocycles. The molecule has 268 valence electrons. The Bertz CT molecular complexity index is 1760. The third kappa shape index (κ3) is 7.71. The number of Topliss-reactive ketones (excluding diaryl/α,β-unsaturated/α-hetero) is 1. The van der Waals surface area contributed by atoms with Crippen LogP contribution in [-0.2, 0) is 30.6 Å². The summed E-state index contributed by atoms with van der Waals surface area (Å²) < 4.78 is 229. The van der Waals surface area contributed by atoms with Crippen LogP contribution >= 0.6 is 22.6 Å². The van der Waals surface area contributed by atoms with E-state index in [1.165, 1.54) is 0 Å². The van der Waals surface area contributed by atoms with Gasteiger partial charge in [0, 0.05) is 22.6 Å². The smallest absolute Gasteiger partial charge is 0.309 e. The molecule has 0 saturated carbocycles. The Hall–Kier alpha value is -3.73. The van der Waals surface area contributed by atoms with Crippen molar-refractivity contribution in [3.8, 4) is 0 Å². The van der Waals surface area contributed by atoms with Gasteiger partial charge in [-0.15, -0.1) is 0 Å². The van der Waals surface area contributed by atoms with Crippen LogP contribution in [-0.4, -0.2) is 36.1 Å². The van der Waals surface area contributed by atoms with E-state index in [9.17, 15) is 79.8 Å². The first-order chi connectivity index (χ1) is 21.9. The van der Waals surface area contributed by atoms with E-state index in [4.69, 9.17) is 0 Å². The summed E-state index contributed by atoms with van der Waals surface area (Å²) in [4.78, 5) is 28.4. The molecule has 0 radical (unpaired) electrons. The average Bonchev–Trinajstić information content (AvgIpc) is 2.93. The number of rotatable bonds is 6. The Morgan fingerprint density at radius 2 is 1.29 bits per heavy atom. The fraction of sp³-hybridized carbons (Fsp3) is 0.296. The normalized spacial score (nSPS) is 13.4. The van der Waals surface area contributed by atoms with E-state index in [2.05, 4.69) is 4.98 Å². The lowest BCUT2D eigenvalue weighted by atomic mass is 9.89. The molecule has 0 spiro atoms. The minimum atomic E-state index is -6.81. The molecular formula is C27H12F17IN2O2. The molecule has 1 heterocycles. The molecule has 2 aromatic carbocycles. The zero-order chi connectivity index (χ0) is 37.9. The van der Waals surface area contributed by atoms with Gasteiger partial charge in [0.15, 0.2) is 17.3 Å². The summed E-state index contributed by atoms with van der Waals surface area (Å²) in [7, 11) is 0.598. The van der Waals surface area contributed by atoms with Crippen LogP contribution in [0.1, 0.15) is 48.8 Å². The standard InChI is InChI=1S/C27H12F17IN2O2/c1-47(21(49)12-5-6-18(24(33,34)35)46-20(12)25(36,37)38)16-4-2-3-11(19(16)28)17(48)9-13-14(23(30,31)32)7-10(8-15(13)45)22(29,26(39,40)41)27(42,43)44/h2-8H,9H2,1H3. The van der Waals surface area contributed by atoms with Gasteiger partial charge in [0.2, 0.25) is 0 Å². The van der Waals surface area contributed by atoms with Crippen LogP contribution in [0.3, 0.4) is 0 Å². The Morgan fingerprint density at radius 1 is 0.735 bits per heavy atom. The van der Waals surface area contributed by atoms with Gasteiger partial charge in [-0.1, -0.05) is 6.07 Å². The highest BCUT2D eigenvalue weighted by Crippen LogP contribution is 2.54. The van der Waals surface area contributed by atoms with Gasteiger partial charge >= 0.3 is 36.6 Å². The van der Waals surface area contributed by atoms with Gasteiger partial charge in [0.05, 0.1) is 22.4 Å². The predicted octanol–water partition coefficient (Wildman–Crippen LogP) is 9.87. The molecule has 0 fully saturated rings. The summed E-state index contributed by atoms with van der Waals surface area (Å²) in [6.45, 7) is 0. The molecule has 0 unspecified atom stereocenters. The number of carbonyl (C=O) groups is 2. The Balaban J connectivity index is 2.10. The van der Waals surface area contributed by atoms with Gasteiger partial charge in [0.25, 0.3) is 5.91 Å². The van der Waals surface area contributed by atoms with Gasteiger partial charge in [0.1, 0.15) is 5.69 Å². The Morgan fingerprint density at radius 3 is 1.76 bits per heavy atom. The van der Waals surface area contributed by atoms with Gasteiger partial charge in [-0.05, 0) is 64.6 Å². The minimum Gasteiger partial charge on any atom is -0.309 e. The number of halogens is 18. The molecular weight excluding hydrogens is 834 g/mol. The second kappa shape index (κ2) is 12.9. The lowest BCUT2D eigenvalue weighted by Gasteiger charge is -2.31. The molecule has 0 atom stereocenters. The number of alkyl halides is 16. The van der Waals surface area contributed by atoms with E-state index in [0.29, 0.717) is 19.2 Å². The summed E-state index contributed by atoms with van der Waals surface area (Å²) in [5.41, 5.74) is -20.7. The number of pyridine rings is 1. The van der Waals surface area contributed by atoms with Crippen molar-refractivity contribution in [2.45, 2.75) is 43.0 Å². The fourth-order valence-corrected chi connectivity index (χ4v) is 5.12. The third-order valence-electron chi connectivity index (χ3n) is 6.65. The van der Waals surface area contributed by atoms with Gasteiger partial charge < -0.3 is 4.90 Å². The van der Waals surface area contributed by atoms with Crippen LogP contribution in [0.15, 0.2) is 42.5 Å². The first-order valence-electron chi connectivity index (χ1n) is 12.4. The summed E-state index contributed by atoms with van der Waals surface area (Å²) in [6.07, 6.45) is -32.1. The van der Waals surface area contributed by atoms with Crippen molar-refractivity contribution in [3.63, 3.8) is 0 Å². The molecule has 3 aromatic rings. The number of aromatic nitrogens is 1. The number of carbonyl (C=O) groups excluding carboxylic acids is 2. The van der Waals surface area contributed by atoms with E-state index in [1.54, 1.807) is 0 Å². The fourth-order valence-electron chi connectivity index (χ4n) is 4.30.